The zero-order valence-electron chi connectivity index (χ0n) is 10.7. The van der Waals surface area contributed by atoms with Crippen molar-refractivity contribution < 1.29 is 9.53 Å². The highest BCUT2D eigenvalue weighted by atomic mass is 16.5. The van der Waals surface area contributed by atoms with Gasteiger partial charge in [-0.05, 0) is 42.9 Å². The largest absolute Gasteiger partial charge is 0.370 e. The van der Waals surface area contributed by atoms with Crippen molar-refractivity contribution in [1.29, 1.82) is 0 Å². The van der Waals surface area contributed by atoms with Gasteiger partial charge in [-0.15, -0.1) is 0 Å². The number of aryl methyl sites for hydroxylation is 2. The van der Waals surface area contributed by atoms with Crippen LogP contribution in [0.1, 0.15) is 48.2 Å². The Bertz CT molecular complexity index is 403. The second-order valence-corrected chi connectivity index (χ2v) is 4.56. The van der Waals surface area contributed by atoms with E-state index in [0.29, 0.717) is 0 Å². The Hall–Kier alpha value is -1.15. The summed E-state index contributed by atoms with van der Waals surface area (Å²) in [7, 11) is 0. The summed E-state index contributed by atoms with van der Waals surface area (Å²) in [5.74, 6) is 0.176. The van der Waals surface area contributed by atoms with Crippen molar-refractivity contribution in [3.05, 3.63) is 34.9 Å². The molecule has 1 aromatic rings. The van der Waals surface area contributed by atoms with Gasteiger partial charge in [0.25, 0.3) is 0 Å². The molecule has 1 aliphatic heterocycles. The van der Waals surface area contributed by atoms with Gasteiger partial charge < -0.3 is 4.74 Å². The van der Waals surface area contributed by atoms with E-state index >= 15 is 0 Å². The maximum atomic E-state index is 12.4. The average molecular weight is 232 g/mol. The van der Waals surface area contributed by atoms with Crippen molar-refractivity contribution in [2.75, 3.05) is 6.61 Å². The second kappa shape index (κ2) is 5.46. The monoisotopic (exact) mass is 232 g/mol. The molecule has 1 aliphatic rings. The van der Waals surface area contributed by atoms with Crippen LogP contribution in [-0.2, 0) is 17.6 Å². The predicted molar refractivity (Wildman–Crippen MR) is 68.5 cm³/mol. The summed E-state index contributed by atoms with van der Waals surface area (Å²) in [6.07, 6.45) is 3.55. The van der Waals surface area contributed by atoms with Crippen LogP contribution in [-0.4, -0.2) is 18.5 Å². The van der Waals surface area contributed by atoms with Crippen LogP contribution < -0.4 is 0 Å². The fourth-order valence-electron chi connectivity index (χ4n) is 2.34. The molecule has 2 rings (SSSR count). The van der Waals surface area contributed by atoms with E-state index in [1.165, 1.54) is 5.56 Å². The molecule has 1 heterocycles. The first-order valence-corrected chi connectivity index (χ1v) is 6.53. The van der Waals surface area contributed by atoms with Crippen LogP contribution in [0.2, 0.25) is 0 Å². The van der Waals surface area contributed by atoms with Crippen LogP contribution in [0.25, 0.3) is 0 Å². The van der Waals surface area contributed by atoms with Gasteiger partial charge in [0.2, 0.25) is 0 Å². The summed E-state index contributed by atoms with van der Waals surface area (Å²) in [5, 5.41) is 0. The van der Waals surface area contributed by atoms with Gasteiger partial charge in [-0.2, -0.15) is 0 Å². The van der Waals surface area contributed by atoms with Gasteiger partial charge >= 0.3 is 0 Å². The Morgan fingerprint density at radius 2 is 2.18 bits per heavy atom. The van der Waals surface area contributed by atoms with Crippen LogP contribution in [0.5, 0.6) is 0 Å². The van der Waals surface area contributed by atoms with Crippen LogP contribution in [0.4, 0.5) is 0 Å². The van der Waals surface area contributed by atoms with Crippen molar-refractivity contribution in [3.8, 4) is 0 Å². The molecule has 1 aromatic carbocycles. The molecule has 0 spiro atoms. The smallest absolute Gasteiger partial charge is 0.191 e. The van der Waals surface area contributed by atoms with Gasteiger partial charge in [0.05, 0.1) is 0 Å². The molecule has 0 aliphatic carbocycles. The highest BCUT2D eigenvalue weighted by Gasteiger charge is 2.26. The minimum absolute atomic E-state index is 0.176. The molecule has 0 radical (unpaired) electrons. The lowest BCUT2D eigenvalue weighted by Gasteiger charge is -2.13. The number of carbonyl (C=O) groups is 1. The molecule has 0 bridgehead atoms. The molecular weight excluding hydrogens is 212 g/mol. The molecule has 0 amide bonds. The highest BCUT2D eigenvalue weighted by Crippen LogP contribution is 2.21. The minimum Gasteiger partial charge on any atom is -0.370 e. The number of hydrogen-bond acceptors (Lipinski definition) is 2. The number of Topliss-reactive ketones (excluding diaryl/α,β-unsaturated/α-hetero) is 1. The molecule has 2 nitrogen and oxygen atoms in total. The van der Waals surface area contributed by atoms with Crippen molar-refractivity contribution >= 4 is 5.78 Å². The Balaban J connectivity index is 2.30. The van der Waals surface area contributed by atoms with Gasteiger partial charge in [0, 0.05) is 12.2 Å². The third-order valence-electron chi connectivity index (χ3n) is 3.45. The Labute approximate surface area is 103 Å². The van der Waals surface area contributed by atoms with Crippen LogP contribution in [0.15, 0.2) is 18.2 Å². The van der Waals surface area contributed by atoms with E-state index < -0.39 is 0 Å². The van der Waals surface area contributed by atoms with Crippen LogP contribution in [0, 0.1) is 0 Å². The first kappa shape index (κ1) is 12.3. The third-order valence-corrected chi connectivity index (χ3v) is 3.45. The van der Waals surface area contributed by atoms with Gasteiger partial charge in [-0.3, -0.25) is 4.79 Å². The van der Waals surface area contributed by atoms with Gasteiger partial charge in [-0.25, -0.2) is 0 Å². The van der Waals surface area contributed by atoms with Crippen molar-refractivity contribution in [2.45, 2.75) is 45.6 Å². The minimum atomic E-state index is -0.201. The maximum Gasteiger partial charge on any atom is 0.191 e. The molecule has 2 heteroatoms. The summed E-state index contributed by atoms with van der Waals surface area (Å²) < 4.78 is 5.49. The maximum absolute atomic E-state index is 12.4. The number of benzene rings is 1. The van der Waals surface area contributed by atoms with E-state index in [-0.39, 0.29) is 11.9 Å². The predicted octanol–water partition coefficient (Wildman–Crippen LogP) is 3.17. The lowest BCUT2D eigenvalue weighted by Crippen LogP contribution is -2.21. The molecule has 0 saturated carbocycles. The zero-order valence-corrected chi connectivity index (χ0v) is 10.7. The fraction of sp³-hybridized carbons (Fsp3) is 0.533. The molecule has 0 N–H and O–H groups in total. The van der Waals surface area contributed by atoms with Gasteiger partial charge in [0.1, 0.15) is 6.10 Å². The van der Waals surface area contributed by atoms with Crippen LogP contribution in [0.3, 0.4) is 0 Å². The van der Waals surface area contributed by atoms with Gasteiger partial charge in [0.15, 0.2) is 5.78 Å². The molecule has 1 atom stereocenters. The molecule has 17 heavy (non-hydrogen) atoms. The van der Waals surface area contributed by atoms with Crippen molar-refractivity contribution in [3.63, 3.8) is 0 Å². The topological polar surface area (TPSA) is 26.3 Å². The van der Waals surface area contributed by atoms with Crippen molar-refractivity contribution in [2.24, 2.45) is 0 Å². The highest BCUT2D eigenvalue weighted by molar-refractivity contribution is 6.01. The Morgan fingerprint density at radius 1 is 1.35 bits per heavy atom. The number of ether oxygens (including phenoxy) is 1. The van der Waals surface area contributed by atoms with E-state index in [4.69, 9.17) is 4.74 Å². The van der Waals surface area contributed by atoms with E-state index in [0.717, 1.165) is 43.4 Å². The van der Waals surface area contributed by atoms with E-state index in [1.54, 1.807) is 0 Å². The lowest BCUT2D eigenvalue weighted by molar-refractivity contribution is 0.0642. The normalized spacial score (nSPS) is 19.5. The quantitative estimate of drug-likeness (QED) is 0.745. The number of carbonyl (C=O) groups excluding carboxylic acids is 1. The van der Waals surface area contributed by atoms with E-state index in [1.807, 2.05) is 6.07 Å². The zero-order chi connectivity index (χ0) is 12.3. The molecule has 92 valence electrons. The average Bonchev–Trinajstić information content (AvgIpc) is 2.91. The summed E-state index contributed by atoms with van der Waals surface area (Å²) in [6, 6.07) is 6.25. The van der Waals surface area contributed by atoms with Gasteiger partial charge in [-0.1, -0.05) is 26.0 Å². The Kier molecular flexibility index (Phi) is 3.95. The molecule has 1 fully saturated rings. The standard InChI is InChI=1S/C15H20O2/c1-3-11-7-8-12(4-2)13(10-11)15(16)14-6-5-9-17-14/h7-8,10,14H,3-6,9H2,1-2H3. The molecule has 1 saturated heterocycles. The SMILES string of the molecule is CCc1ccc(CC)c(C(=O)C2CCCO2)c1. The third kappa shape index (κ3) is 2.58. The summed E-state index contributed by atoms with van der Waals surface area (Å²) in [6.45, 7) is 4.93. The summed E-state index contributed by atoms with van der Waals surface area (Å²) in [4.78, 5) is 12.4. The molecular formula is C15H20O2. The van der Waals surface area contributed by atoms with E-state index in [2.05, 4.69) is 26.0 Å². The molecule has 1 unspecified atom stereocenters. The lowest BCUT2D eigenvalue weighted by atomic mass is 9.94. The summed E-state index contributed by atoms with van der Waals surface area (Å²) >= 11 is 0. The summed E-state index contributed by atoms with van der Waals surface area (Å²) in [5.41, 5.74) is 3.24. The Morgan fingerprint density at radius 3 is 2.76 bits per heavy atom. The number of hydrogen-bond donors (Lipinski definition) is 0. The first-order chi connectivity index (χ1) is 8.26. The van der Waals surface area contributed by atoms with Crippen molar-refractivity contribution in [1.82, 2.24) is 0 Å². The molecule has 0 aromatic heterocycles. The number of ketones is 1. The number of rotatable bonds is 4. The van der Waals surface area contributed by atoms with E-state index in [9.17, 15) is 4.79 Å². The van der Waals surface area contributed by atoms with Crippen LogP contribution >= 0.6 is 0 Å². The fourth-order valence-corrected chi connectivity index (χ4v) is 2.34. The second-order valence-electron chi connectivity index (χ2n) is 4.56. The first-order valence-electron chi connectivity index (χ1n) is 6.53.